The number of benzene rings is 2. The highest BCUT2D eigenvalue weighted by atomic mass is 32.2. The van der Waals surface area contributed by atoms with Crippen molar-refractivity contribution in [2.24, 2.45) is 0 Å². The third kappa shape index (κ3) is 5.66. The summed E-state index contributed by atoms with van der Waals surface area (Å²) in [6.07, 6.45) is 3.93. The Kier molecular flexibility index (Phi) is 6.46. The van der Waals surface area contributed by atoms with Gasteiger partial charge in [0.1, 0.15) is 0 Å². The quantitative estimate of drug-likeness (QED) is 0.808. The fourth-order valence-electron chi connectivity index (χ4n) is 3.36. The molecule has 5 heteroatoms. The van der Waals surface area contributed by atoms with Crippen molar-refractivity contribution in [2.75, 3.05) is 13.1 Å². The van der Waals surface area contributed by atoms with Crippen molar-refractivity contribution in [2.45, 2.75) is 45.0 Å². The first-order valence-electron chi connectivity index (χ1n) is 9.34. The van der Waals surface area contributed by atoms with E-state index < -0.39 is 10.0 Å². The molecule has 26 heavy (non-hydrogen) atoms. The standard InChI is InChI=1S/C21H28N2O2S/c1-18-7-3-4-8-21(18)17-26(24,25)22-15-19-9-11-20(12-10-19)16-23-13-5-2-6-14-23/h3-4,7-12,22H,2,5-6,13-17H2,1H3. The van der Waals surface area contributed by atoms with Gasteiger partial charge in [-0.05, 0) is 55.1 Å². The predicted molar refractivity (Wildman–Crippen MR) is 106 cm³/mol. The van der Waals surface area contributed by atoms with Gasteiger partial charge in [-0.15, -0.1) is 0 Å². The number of rotatable bonds is 7. The van der Waals surface area contributed by atoms with Crippen molar-refractivity contribution in [3.63, 3.8) is 0 Å². The Morgan fingerprint density at radius 3 is 2.27 bits per heavy atom. The molecule has 1 fully saturated rings. The highest BCUT2D eigenvalue weighted by Gasteiger charge is 2.13. The average Bonchev–Trinajstić information content (AvgIpc) is 2.64. The van der Waals surface area contributed by atoms with E-state index in [1.807, 2.05) is 43.3 Å². The maximum Gasteiger partial charge on any atom is 0.216 e. The highest BCUT2D eigenvalue weighted by molar-refractivity contribution is 7.88. The van der Waals surface area contributed by atoms with Gasteiger partial charge in [-0.1, -0.05) is 55.0 Å². The van der Waals surface area contributed by atoms with Gasteiger partial charge in [-0.3, -0.25) is 4.90 Å². The Bertz CT molecular complexity index is 810. The minimum absolute atomic E-state index is 0.0206. The van der Waals surface area contributed by atoms with Crippen molar-refractivity contribution in [3.05, 3.63) is 70.8 Å². The number of aryl methyl sites for hydroxylation is 1. The Labute approximate surface area is 157 Å². The van der Waals surface area contributed by atoms with E-state index in [1.54, 1.807) is 0 Å². The lowest BCUT2D eigenvalue weighted by Gasteiger charge is -2.26. The molecule has 0 bridgehead atoms. The molecule has 1 aliphatic rings. The van der Waals surface area contributed by atoms with E-state index in [4.69, 9.17) is 0 Å². The zero-order chi connectivity index (χ0) is 18.4. The number of hydrogen-bond acceptors (Lipinski definition) is 3. The lowest BCUT2D eigenvalue weighted by Crippen LogP contribution is -2.29. The van der Waals surface area contributed by atoms with Gasteiger partial charge >= 0.3 is 0 Å². The zero-order valence-corrected chi connectivity index (χ0v) is 16.3. The molecular weight excluding hydrogens is 344 g/mol. The SMILES string of the molecule is Cc1ccccc1CS(=O)(=O)NCc1ccc(CN2CCCCC2)cc1. The molecule has 1 aliphatic heterocycles. The molecule has 0 unspecified atom stereocenters. The molecule has 1 heterocycles. The van der Waals surface area contributed by atoms with Gasteiger partial charge in [0.25, 0.3) is 0 Å². The van der Waals surface area contributed by atoms with Crippen molar-refractivity contribution in [3.8, 4) is 0 Å². The van der Waals surface area contributed by atoms with Crippen LogP contribution < -0.4 is 4.72 Å². The summed E-state index contributed by atoms with van der Waals surface area (Å²) in [6.45, 7) is 5.62. The Morgan fingerprint density at radius 2 is 1.58 bits per heavy atom. The summed E-state index contributed by atoms with van der Waals surface area (Å²) in [5.74, 6) is 0.0206. The lowest BCUT2D eigenvalue weighted by atomic mass is 10.1. The molecule has 0 aliphatic carbocycles. The first-order chi connectivity index (χ1) is 12.5. The topological polar surface area (TPSA) is 49.4 Å². The third-order valence-corrected chi connectivity index (χ3v) is 6.26. The second-order valence-corrected chi connectivity index (χ2v) is 8.97. The largest absolute Gasteiger partial charge is 0.299 e. The van der Waals surface area contributed by atoms with E-state index in [-0.39, 0.29) is 5.75 Å². The number of hydrogen-bond donors (Lipinski definition) is 1. The van der Waals surface area contributed by atoms with E-state index in [9.17, 15) is 8.42 Å². The molecule has 1 N–H and O–H groups in total. The van der Waals surface area contributed by atoms with Crippen molar-refractivity contribution in [1.82, 2.24) is 9.62 Å². The van der Waals surface area contributed by atoms with Gasteiger partial charge in [0.2, 0.25) is 10.0 Å². The molecule has 0 spiro atoms. The van der Waals surface area contributed by atoms with Gasteiger partial charge in [0.15, 0.2) is 0 Å². The number of likely N-dealkylation sites (tertiary alicyclic amines) is 1. The summed E-state index contributed by atoms with van der Waals surface area (Å²) in [6, 6.07) is 15.9. The van der Waals surface area contributed by atoms with Gasteiger partial charge in [-0.25, -0.2) is 13.1 Å². The van der Waals surface area contributed by atoms with Crippen LogP contribution in [0.25, 0.3) is 0 Å². The van der Waals surface area contributed by atoms with Crippen LogP contribution in [-0.4, -0.2) is 26.4 Å². The van der Waals surface area contributed by atoms with Crippen LogP contribution in [-0.2, 0) is 28.9 Å². The molecule has 0 saturated carbocycles. The Balaban J connectivity index is 1.53. The van der Waals surface area contributed by atoms with Crippen LogP contribution >= 0.6 is 0 Å². The second-order valence-electron chi connectivity index (χ2n) is 7.16. The molecular formula is C21H28N2O2S. The monoisotopic (exact) mass is 372 g/mol. The van der Waals surface area contributed by atoms with Crippen LogP contribution in [0.4, 0.5) is 0 Å². The van der Waals surface area contributed by atoms with Crippen LogP contribution in [0.3, 0.4) is 0 Å². The van der Waals surface area contributed by atoms with Gasteiger partial charge in [-0.2, -0.15) is 0 Å². The summed E-state index contributed by atoms with van der Waals surface area (Å²) in [5, 5.41) is 0. The number of sulfonamides is 1. The van der Waals surface area contributed by atoms with Gasteiger partial charge < -0.3 is 0 Å². The first kappa shape index (κ1) is 19.1. The summed E-state index contributed by atoms with van der Waals surface area (Å²) in [7, 11) is -3.35. The molecule has 140 valence electrons. The minimum atomic E-state index is -3.35. The third-order valence-electron chi connectivity index (χ3n) is 4.98. The molecule has 3 rings (SSSR count). The average molecular weight is 373 g/mol. The molecule has 0 amide bonds. The zero-order valence-electron chi connectivity index (χ0n) is 15.4. The molecule has 2 aromatic carbocycles. The molecule has 2 aromatic rings. The van der Waals surface area contributed by atoms with Crippen LogP contribution in [0.1, 0.15) is 41.5 Å². The van der Waals surface area contributed by atoms with Crippen molar-refractivity contribution < 1.29 is 8.42 Å². The smallest absolute Gasteiger partial charge is 0.216 e. The second kappa shape index (κ2) is 8.80. The normalized spacial score (nSPS) is 15.9. The Morgan fingerprint density at radius 1 is 0.923 bits per heavy atom. The lowest BCUT2D eigenvalue weighted by molar-refractivity contribution is 0.221. The van der Waals surface area contributed by atoms with Crippen molar-refractivity contribution in [1.29, 1.82) is 0 Å². The summed E-state index contributed by atoms with van der Waals surface area (Å²) in [5.41, 5.74) is 4.12. The molecule has 0 radical (unpaired) electrons. The van der Waals surface area contributed by atoms with Crippen LogP contribution in [0, 0.1) is 6.92 Å². The number of piperidine rings is 1. The van der Waals surface area contributed by atoms with E-state index >= 15 is 0 Å². The molecule has 1 saturated heterocycles. The summed E-state index contributed by atoms with van der Waals surface area (Å²) in [4.78, 5) is 2.49. The number of nitrogens with zero attached hydrogens (tertiary/aromatic N) is 1. The van der Waals surface area contributed by atoms with E-state index in [0.717, 1.165) is 23.2 Å². The van der Waals surface area contributed by atoms with Gasteiger partial charge in [0, 0.05) is 13.1 Å². The van der Waals surface area contributed by atoms with Crippen LogP contribution in [0.15, 0.2) is 48.5 Å². The van der Waals surface area contributed by atoms with E-state index in [0.29, 0.717) is 6.54 Å². The summed E-state index contributed by atoms with van der Waals surface area (Å²) >= 11 is 0. The minimum Gasteiger partial charge on any atom is -0.299 e. The van der Waals surface area contributed by atoms with E-state index in [1.165, 1.54) is 37.9 Å². The maximum absolute atomic E-state index is 12.3. The van der Waals surface area contributed by atoms with Gasteiger partial charge in [0.05, 0.1) is 5.75 Å². The maximum atomic E-state index is 12.3. The first-order valence-corrected chi connectivity index (χ1v) is 11.0. The fraction of sp³-hybridized carbons (Fsp3) is 0.429. The molecule has 0 atom stereocenters. The Hall–Kier alpha value is -1.69. The molecule has 4 nitrogen and oxygen atoms in total. The van der Waals surface area contributed by atoms with Crippen LogP contribution in [0.2, 0.25) is 0 Å². The van der Waals surface area contributed by atoms with Crippen molar-refractivity contribution >= 4 is 10.0 Å². The number of nitrogens with one attached hydrogen (secondary N) is 1. The summed E-state index contributed by atoms with van der Waals surface area (Å²) < 4.78 is 27.4. The highest BCUT2D eigenvalue weighted by Crippen LogP contribution is 2.14. The van der Waals surface area contributed by atoms with E-state index in [2.05, 4.69) is 21.8 Å². The fourth-order valence-corrected chi connectivity index (χ4v) is 4.58. The molecule has 0 aromatic heterocycles. The predicted octanol–water partition coefficient (Wildman–Crippen LogP) is 3.60. The van der Waals surface area contributed by atoms with Crippen LogP contribution in [0.5, 0.6) is 0 Å².